The minimum Gasteiger partial charge on any atom is -0.494 e. The second-order valence-electron chi connectivity index (χ2n) is 9.23. The van der Waals surface area contributed by atoms with Crippen molar-refractivity contribution in [2.24, 2.45) is 17.3 Å². The van der Waals surface area contributed by atoms with Gasteiger partial charge in [0, 0.05) is 24.7 Å². The summed E-state index contributed by atoms with van der Waals surface area (Å²) in [5, 5.41) is 3.23. The first-order chi connectivity index (χ1) is 13.8. The van der Waals surface area contributed by atoms with Crippen molar-refractivity contribution in [3.05, 3.63) is 24.3 Å². The highest BCUT2D eigenvalue weighted by Crippen LogP contribution is 2.40. The zero-order valence-corrected chi connectivity index (χ0v) is 18.4. The molecule has 0 bridgehead atoms. The maximum Gasteiger partial charge on any atom is 0.227 e. The van der Waals surface area contributed by atoms with E-state index in [0.717, 1.165) is 30.2 Å². The molecule has 5 heteroatoms. The molecule has 2 fully saturated rings. The van der Waals surface area contributed by atoms with Gasteiger partial charge in [0.15, 0.2) is 0 Å². The van der Waals surface area contributed by atoms with Gasteiger partial charge in [-0.05, 0) is 68.2 Å². The second kappa shape index (κ2) is 9.19. The molecule has 0 radical (unpaired) electrons. The molecule has 0 spiro atoms. The molecule has 1 aromatic carbocycles. The molecule has 0 unspecified atom stereocenters. The summed E-state index contributed by atoms with van der Waals surface area (Å²) < 4.78 is 5.46. The molecular weight excluding hydrogens is 364 g/mol. The Balaban J connectivity index is 1.52. The van der Waals surface area contributed by atoms with Crippen LogP contribution in [0.3, 0.4) is 0 Å². The van der Waals surface area contributed by atoms with Gasteiger partial charge in [-0.25, -0.2) is 0 Å². The summed E-state index contributed by atoms with van der Waals surface area (Å²) in [5.74, 6) is 1.31. The molecular formula is C24H36N2O3. The third kappa shape index (κ3) is 5.12. The van der Waals surface area contributed by atoms with E-state index in [1.54, 1.807) is 4.90 Å². The van der Waals surface area contributed by atoms with Gasteiger partial charge in [-0.15, -0.1) is 0 Å². The van der Waals surface area contributed by atoms with Crippen LogP contribution in [0, 0.1) is 17.3 Å². The number of carbonyl (C=O) groups excluding carboxylic acids is 2. The quantitative estimate of drug-likeness (QED) is 0.730. The molecule has 1 saturated heterocycles. The molecule has 1 aliphatic carbocycles. The third-order valence-electron chi connectivity index (χ3n) is 7.05. The van der Waals surface area contributed by atoms with E-state index >= 15 is 0 Å². The van der Waals surface area contributed by atoms with E-state index in [1.165, 1.54) is 19.3 Å². The molecule has 3 rings (SSSR count). The first-order valence-corrected chi connectivity index (χ1v) is 11.2. The van der Waals surface area contributed by atoms with E-state index in [2.05, 4.69) is 26.1 Å². The van der Waals surface area contributed by atoms with E-state index in [1.807, 2.05) is 31.2 Å². The van der Waals surface area contributed by atoms with Crippen LogP contribution in [0.15, 0.2) is 24.3 Å². The van der Waals surface area contributed by atoms with Crippen molar-refractivity contribution in [3.8, 4) is 5.75 Å². The number of benzene rings is 1. The number of ether oxygens (including phenoxy) is 1. The van der Waals surface area contributed by atoms with Crippen molar-refractivity contribution in [2.45, 2.75) is 72.3 Å². The maximum atomic E-state index is 12.8. The fraction of sp³-hybridized carbons (Fsp3) is 0.667. The Morgan fingerprint density at radius 3 is 2.38 bits per heavy atom. The Morgan fingerprint density at radius 2 is 1.79 bits per heavy atom. The van der Waals surface area contributed by atoms with Crippen molar-refractivity contribution >= 4 is 17.5 Å². The zero-order valence-electron chi connectivity index (χ0n) is 18.4. The molecule has 0 aromatic heterocycles. The number of nitrogens with zero attached hydrogens (tertiary/aromatic N) is 1. The van der Waals surface area contributed by atoms with Crippen LogP contribution < -0.4 is 15.0 Å². The van der Waals surface area contributed by atoms with Gasteiger partial charge in [0.25, 0.3) is 0 Å². The third-order valence-corrected chi connectivity index (χ3v) is 7.05. The van der Waals surface area contributed by atoms with Crippen molar-refractivity contribution in [1.29, 1.82) is 0 Å². The van der Waals surface area contributed by atoms with E-state index < -0.39 is 0 Å². The van der Waals surface area contributed by atoms with Gasteiger partial charge in [0.05, 0.1) is 12.5 Å². The van der Waals surface area contributed by atoms with Crippen LogP contribution in [-0.2, 0) is 9.59 Å². The van der Waals surface area contributed by atoms with Crippen LogP contribution in [0.5, 0.6) is 5.75 Å². The van der Waals surface area contributed by atoms with Gasteiger partial charge in [0.1, 0.15) is 5.75 Å². The van der Waals surface area contributed by atoms with E-state index in [4.69, 9.17) is 4.74 Å². The monoisotopic (exact) mass is 400 g/mol. The molecule has 29 heavy (non-hydrogen) atoms. The minimum absolute atomic E-state index is 0.0164. The fourth-order valence-electron chi connectivity index (χ4n) is 4.65. The zero-order chi connectivity index (χ0) is 21.0. The summed E-state index contributed by atoms with van der Waals surface area (Å²) in [4.78, 5) is 27.0. The molecule has 1 aromatic rings. The lowest BCUT2D eigenvalue weighted by Crippen LogP contribution is -2.43. The summed E-state index contributed by atoms with van der Waals surface area (Å²) in [6.45, 7) is 9.99. The van der Waals surface area contributed by atoms with Gasteiger partial charge < -0.3 is 15.0 Å². The maximum absolute atomic E-state index is 12.8. The SMILES string of the molecule is CCOc1ccc(N2C[C@H](C(=O)NC3CCC(C(C)(C)CC)CC3)CC2=O)cc1. The summed E-state index contributed by atoms with van der Waals surface area (Å²) in [7, 11) is 0. The Kier molecular flexibility index (Phi) is 6.86. The Labute approximate surface area is 175 Å². The van der Waals surface area contributed by atoms with Gasteiger partial charge in [-0.3, -0.25) is 9.59 Å². The molecule has 1 N–H and O–H groups in total. The normalized spacial score (nSPS) is 25.2. The number of hydrogen-bond donors (Lipinski definition) is 1. The highest BCUT2D eigenvalue weighted by Gasteiger charge is 2.37. The number of nitrogens with one attached hydrogen (secondary N) is 1. The van der Waals surface area contributed by atoms with Crippen molar-refractivity contribution < 1.29 is 14.3 Å². The Morgan fingerprint density at radius 1 is 1.14 bits per heavy atom. The largest absolute Gasteiger partial charge is 0.494 e. The molecule has 1 saturated carbocycles. The number of carbonyl (C=O) groups is 2. The number of amides is 2. The topological polar surface area (TPSA) is 58.6 Å². The average Bonchev–Trinajstić information content (AvgIpc) is 3.11. The molecule has 2 aliphatic rings. The van der Waals surface area contributed by atoms with E-state index in [-0.39, 0.29) is 30.2 Å². The van der Waals surface area contributed by atoms with Gasteiger partial charge >= 0.3 is 0 Å². The first kappa shape index (κ1) is 21.7. The predicted molar refractivity (Wildman–Crippen MR) is 116 cm³/mol. The van der Waals surface area contributed by atoms with Gasteiger partial charge in [-0.1, -0.05) is 27.2 Å². The molecule has 1 atom stereocenters. The first-order valence-electron chi connectivity index (χ1n) is 11.2. The smallest absolute Gasteiger partial charge is 0.227 e. The van der Waals surface area contributed by atoms with Crippen LogP contribution in [0.25, 0.3) is 0 Å². The molecule has 160 valence electrons. The number of anilines is 1. The fourth-order valence-corrected chi connectivity index (χ4v) is 4.65. The van der Waals surface area contributed by atoms with Crippen LogP contribution in [0.2, 0.25) is 0 Å². The highest BCUT2D eigenvalue weighted by atomic mass is 16.5. The number of hydrogen-bond acceptors (Lipinski definition) is 3. The van der Waals surface area contributed by atoms with Gasteiger partial charge in [0.2, 0.25) is 11.8 Å². The van der Waals surface area contributed by atoms with Crippen LogP contribution >= 0.6 is 0 Å². The van der Waals surface area contributed by atoms with Crippen LogP contribution in [0.1, 0.15) is 66.2 Å². The lowest BCUT2D eigenvalue weighted by molar-refractivity contribution is -0.127. The predicted octanol–water partition coefficient (Wildman–Crippen LogP) is 4.55. The Bertz CT molecular complexity index is 705. The summed E-state index contributed by atoms with van der Waals surface area (Å²) in [5.41, 5.74) is 1.21. The lowest BCUT2D eigenvalue weighted by Gasteiger charge is -2.39. The molecule has 1 heterocycles. The minimum atomic E-state index is -0.265. The molecule has 5 nitrogen and oxygen atoms in total. The second-order valence-corrected chi connectivity index (χ2v) is 9.23. The van der Waals surface area contributed by atoms with Crippen molar-refractivity contribution in [1.82, 2.24) is 5.32 Å². The van der Waals surface area contributed by atoms with Crippen molar-refractivity contribution in [2.75, 3.05) is 18.1 Å². The van der Waals surface area contributed by atoms with Crippen LogP contribution in [-0.4, -0.2) is 31.0 Å². The van der Waals surface area contributed by atoms with E-state index in [9.17, 15) is 9.59 Å². The van der Waals surface area contributed by atoms with Gasteiger partial charge in [-0.2, -0.15) is 0 Å². The highest BCUT2D eigenvalue weighted by molar-refractivity contribution is 6.00. The standard InChI is InChI=1S/C24H36N2O3/c1-5-24(3,4)18-7-9-19(10-8-18)25-23(28)17-15-22(27)26(16-17)20-11-13-21(14-12-20)29-6-2/h11-14,17-19H,5-10,15-16H2,1-4H3,(H,25,28)/t17-,18?,19?/m1/s1. The lowest BCUT2D eigenvalue weighted by atomic mass is 9.69. The molecule has 2 amide bonds. The van der Waals surface area contributed by atoms with Crippen LogP contribution in [0.4, 0.5) is 5.69 Å². The summed E-state index contributed by atoms with van der Waals surface area (Å²) in [6.07, 6.45) is 5.92. The van der Waals surface area contributed by atoms with Crippen molar-refractivity contribution in [3.63, 3.8) is 0 Å². The van der Waals surface area contributed by atoms with E-state index in [0.29, 0.717) is 18.6 Å². The number of rotatable bonds is 7. The molecule has 1 aliphatic heterocycles. The summed E-state index contributed by atoms with van der Waals surface area (Å²) >= 11 is 0. The average molecular weight is 401 g/mol. The summed E-state index contributed by atoms with van der Waals surface area (Å²) in [6, 6.07) is 7.77. The Hall–Kier alpha value is -2.04.